The number of rotatable bonds is 3. The number of aromatic amines is 1. The van der Waals surface area contributed by atoms with Crippen molar-refractivity contribution in [1.29, 1.82) is 0 Å². The molecule has 1 aromatic carbocycles. The first-order valence-electron chi connectivity index (χ1n) is 5.53. The predicted octanol–water partition coefficient (Wildman–Crippen LogP) is 3.09. The van der Waals surface area contributed by atoms with Crippen molar-refractivity contribution in [3.63, 3.8) is 0 Å². The summed E-state index contributed by atoms with van der Waals surface area (Å²) in [6, 6.07) is 9.79. The Labute approximate surface area is 114 Å². The molecule has 0 aliphatic rings. The monoisotopic (exact) mass is 276 g/mol. The van der Waals surface area contributed by atoms with E-state index in [0.717, 1.165) is 22.2 Å². The molecule has 2 heterocycles. The van der Waals surface area contributed by atoms with E-state index < -0.39 is 0 Å². The molecule has 3 aromatic rings. The van der Waals surface area contributed by atoms with E-state index in [1.165, 1.54) is 4.90 Å². The summed E-state index contributed by atoms with van der Waals surface area (Å²) in [5.74, 6) is 1.74. The lowest BCUT2D eigenvalue weighted by molar-refractivity contribution is -0.512. The molecule has 3 nitrogen and oxygen atoms in total. The molecular formula is C13H11ClN3S+. The summed E-state index contributed by atoms with van der Waals surface area (Å²) in [5, 5.41) is 0.768. The Bertz CT molecular complexity index is 630. The van der Waals surface area contributed by atoms with Gasteiger partial charge in [0, 0.05) is 16.0 Å². The minimum Gasteiger partial charge on any atom is -0.242 e. The SMILES string of the molecule is Clc1ccc(SCc2c[n+]3cccnc3[nH]2)cc1. The fourth-order valence-corrected chi connectivity index (χ4v) is 2.62. The molecular weight excluding hydrogens is 266 g/mol. The molecule has 18 heavy (non-hydrogen) atoms. The van der Waals surface area contributed by atoms with Gasteiger partial charge in [-0.15, -0.1) is 11.8 Å². The van der Waals surface area contributed by atoms with Crippen molar-refractivity contribution < 1.29 is 4.40 Å². The van der Waals surface area contributed by atoms with Crippen LogP contribution in [0.2, 0.25) is 5.02 Å². The third-order valence-electron chi connectivity index (χ3n) is 2.55. The van der Waals surface area contributed by atoms with Gasteiger partial charge >= 0.3 is 5.78 Å². The van der Waals surface area contributed by atoms with Crippen molar-refractivity contribution in [2.75, 3.05) is 0 Å². The predicted molar refractivity (Wildman–Crippen MR) is 72.8 cm³/mol. The summed E-state index contributed by atoms with van der Waals surface area (Å²) in [6.07, 6.45) is 5.82. The second-order valence-corrected chi connectivity index (χ2v) is 5.36. The molecule has 5 heteroatoms. The Morgan fingerprint density at radius 2 is 2.11 bits per heavy atom. The molecule has 2 aromatic heterocycles. The lowest BCUT2D eigenvalue weighted by atomic mass is 10.4. The molecule has 0 unspecified atom stereocenters. The highest BCUT2D eigenvalue weighted by Crippen LogP contribution is 2.23. The largest absolute Gasteiger partial charge is 0.400 e. The van der Waals surface area contributed by atoms with E-state index in [1.54, 1.807) is 18.0 Å². The highest BCUT2D eigenvalue weighted by atomic mass is 35.5. The molecule has 0 amide bonds. The van der Waals surface area contributed by atoms with Crippen molar-refractivity contribution in [3.05, 3.63) is 59.6 Å². The van der Waals surface area contributed by atoms with Crippen LogP contribution in [-0.2, 0) is 5.75 Å². The quantitative estimate of drug-likeness (QED) is 0.589. The highest BCUT2D eigenvalue weighted by molar-refractivity contribution is 7.98. The van der Waals surface area contributed by atoms with Gasteiger partial charge in [0.05, 0.1) is 11.9 Å². The summed E-state index contributed by atoms with van der Waals surface area (Å²) in [7, 11) is 0. The molecule has 0 aliphatic carbocycles. The van der Waals surface area contributed by atoms with Gasteiger partial charge < -0.3 is 0 Å². The first-order valence-corrected chi connectivity index (χ1v) is 6.90. The number of halogens is 1. The first kappa shape index (κ1) is 11.6. The van der Waals surface area contributed by atoms with E-state index in [9.17, 15) is 0 Å². The molecule has 3 rings (SSSR count). The van der Waals surface area contributed by atoms with Crippen molar-refractivity contribution in [3.8, 4) is 0 Å². The molecule has 0 fully saturated rings. The minimum absolute atomic E-state index is 0.768. The zero-order valence-corrected chi connectivity index (χ0v) is 11.1. The summed E-state index contributed by atoms with van der Waals surface area (Å²) >= 11 is 7.62. The fourth-order valence-electron chi connectivity index (χ4n) is 1.69. The number of aromatic nitrogens is 3. The molecule has 0 saturated heterocycles. The van der Waals surface area contributed by atoms with Gasteiger partial charge in [0.15, 0.2) is 0 Å². The van der Waals surface area contributed by atoms with Gasteiger partial charge in [-0.05, 0) is 24.3 Å². The fraction of sp³-hybridized carbons (Fsp3) is 0.0769. The van der Waals surface area contributed by atoms with Crippen LogP contribution in [0.5, 0.6) is 0 Å². The smallest absolute Gasteiger partial charge is 0.242 e. The third kappa shape index (κ3) is 2.49. The number of imidazole rings is 1. The lowest BCUT2D eigenvalue weighted by Gasteiger charge is -1.97. The maximum Gasteiger partial charge on any atom is 0.400 e. The normalized spacial score (nSPS) is 10.9. The molecule has 0 spiro atoms. The Balaban J connectivity index is 1.74. The van der Waals surface area contributed by atoms with E-state index in [-0.39, 0.29) is 0 Å². The van der Waals surface area contributed by atoms with Crippen LogP contribution >= 0.6 is 23.4 Å². The lowest BCUT2D eigenvalue weighted by Crippen LogP contribution is -2.17. The maximum atomic E-state index is 5.86. The van der Waals surface area contributed by atoms with Gasteiger partial charge in [-0.2, -0.15) is 0 Å². The zero-order valence-electron chi connectivity index (χ0n) is 9.51. The van der Waals surface area contributed by atoms with Gasteiger partial charge in [0.25, 0.3) is 0 Å². The number of H-pyrrole nitrogens is 1. The molecule has 0 aliphatic heterocycles. The van der Waals surface area contributed by atoms with Crippen LogP contribution in [0.25, 0.3) is 5.78 Å². The third-order valence-corrected chi connectivity index (χ3v) is 3.86. The molecule has 0 atom stereocenters. The maximum absolute atomic E-state index is 5.86. The summed E-state index contributed by atoms with van der Waals surface area (Å²) < 4.78 is 1.98. The van der Waals surface area contributed by atoms with Crippen LogP contribution < -0.4 is 4.40 Å². The Kier molecular flexibility index (Phi) is 3.21. The number of hydrogen-bond donors (Lipinski definition) is 1. The number of thioether (sulfide) groups is 1. The zero-order chi connectivity index (χ0) is 12.4. The van der Waals surface area contributed by atoms with Gasteiger partial charge in [-0.25, -0.2) is 9.38 Å². The summed E-state index contributed by atoms with van der Waals surface area (Å²) in [5.41, 5.74) is 1.15. The van der Waals surface area contributed by atoms with Crippen LogP contribution in [0.4, 0.5) is 0 Å². The van der Waals surface area contributed by atoms with Gasteiger partial charge in [-0.1, -0.05) is 16.6 Å². The minimum atomic E-state index is 0.768. The second-order valence-electron chi connectivity index (χ2n) is 3.87. The summed E-state index contributed by atoms with van der Waals surface area (Å²) in [4.78, 5) is 8.74. The van der Waals surface area contributed by atoms with Crippen LogP contribution in [0.15, 0.2) is 53.8 Å². The molecule has 0 radical (unpaired) electrons. The van der Waals surface area contributed by atoms with Crippen LogP contribution in [0, 0.1) is 0 Å². The molecule has 0 saturated carbocycles. The highest BCUT2D eigenvalue weighted by Gasteiger charge is 2.08. The average molecular weight is 277 g/mol. The van der Waals surface area contributed by atoms with Gasteiger partial charge in [0.1, 0.15) is 18.1 Å². The average Bonchev–Trinajstić information content (AvgIpc) is 2.81. The molecule has 1 N–H and O–H groups in total. The van der Waals surface area contributed by atoms with Gasteiger partial charge in [0.2, 0.25) is 0 Å². The Morgan fingerprint density at radius 1 is 1.28 bits per heavy atom. The van der Waals surface area contributed by atoms with E-state index in [1.807, 2.05) is 40.9 Å². The van der Waals surface area contributed by atoms with E-state index >= 15 is 0 Å². The second kappa shape index (κ2) is 5.00. The Morgan fingerprint density at radius 3 is 2.89 bits per heavy atom. The molecule has 90 valence electrons. The van der Waals surface area contributed by atoms with Crippen molar-refractivity contribution in [1.82, 2.24) is 9.97 Å². The Hall–Kier alpha value is -1.52. The van der Waals surface area contributed by atoms with E-state index in [4.69, 9.17) is 11.6 Å². The number of nitrogens with zero attached hydrogens (tertiary/aromatic N) is 2. The number of hydrogen-bond acceptors (Lipinski definition) is 2. The van der Waals surface area contributed by atoms with Crippen molar-refractivity contribution >= 4 is 29.1 Å². The summed E-state index contributed by atoms with van der Waals surface area (Å²) in [6.45, 7) is 0. The topological polar surface area (TPSA) is 32.8 Å². The standard InChI is InChI=1S/C13H10ClN3S/c14-10-2-4-12(5-3-10)18-9-11-8-17-7-1-6-15-13(17)16-11/h1-8H,9H2/p+1. The van der Waals surface area contributed by atoms with Crippen molar-refractivity contribution in [2.24, 2.45) is 0 Å². The van der Waals surface area contributed by atoms with Crippen LogP contribution in [-0.4, -0.2) is 9.97 Å². The van der Waals surface area contributed by atoms with Crippen molar-refractivity contribution in [2.45, 2.75) is 10.6 Å². The van der Waals surface area contributed by atoms with Crippen LogP contribution in [0.3, 0.4) is 0 Å². The van der Waals surface area contributed by atoms with E-state index in [0.29, 0.717) is 0 Å². The van der Waals surface area contributed by atoms with E-state index in [2.05, 4.69) is 16.2 Å². The number of fused-ring (bicyclic) bond motifs is 1. The van der Waals surface area contributed by atoms with Gasteiger partial charge in [-0.3, -0.25) is 0 Å². The number of nitrogens with one attached hydrogen (secondary N) is 1. The molecule has 0 bridgehead atoms. The number of benzene rings is 1. The van der Waals surface area contributed by atoms with Crippen LogP contribution in [0.1, 0.15) is 5.69 Å². The first-order chi connectivity index (χ1) is 8.81.